The van der Waals surface area contributed by atoms with E-state index in [2.05, 4.69) is 6.07 Å². The molecule has 1 fully saturated rings. The number of fused-ring (bicyclic) bond motifs is 1. The van der Waals surface area contributed by atoms with Crippen molar-refractivity contribution in [2.75, 3.05) is 13.2 Å². The minimum atomic E-state index is -0.825. The van der Waals surface area contributed by atoms with Gasteiger partial charge in [-0.05, 0) is 78.9 Å². The van der Waals surface area contributed by atoms with Gasteiger partial charge < -0.3 is 24.1 Å². The Morgan fingerprint density at radius 3 is 2.61 bits per heavy atom. The lowest BCUT2D eigenvalue weighted by molar-refractivity contribution is -0.144. The molecule has 0 aromatic heterocycles. The third-order valence-electron chi connectivity index (χ3n) is 8.56. The van der Waals surface area contributed by atoms with Crippen LogP contribution < -0.4 is 18.9 Å². The van der Waals surface area contributed by atoms with Gasteiger partial charge in [0.2, 0.25) is 0 Å². The normalized spacial score (nSPS) is 17.6. The van der Waals surface area contributed by atoms with Gasteiger partial charge in [-0.2, -0.15) is 5.26 Å². The molecule has 2 unspecified atom stereocenters. The second-order valence-corrected chi connectivity index (χ2v) is 12.0. The Morgan fingerprint density at radius 2 is 1.78 bits per heavy atom. The highest BCUT2D eigenvalue weighted by atomic mass is 35.5. The molecule has 236 valence electrons. The highest BCUT2D eigenvalue weighted by molar-refractivity contribution is 6.32. The summed E-state index contributed by atoms with van der Waals surface area (Å²) in [6.07, 6.45) is 2.16. The van der Waals surface area contributed by atoms with Gasteiger partial charge in [0.25, 0.3) is 0 Å². The summed E-state index contributed by atoms with van der Waals surface area (Å²) in [5, 5.41) is 19.6. The highest BCUT2D eigenvalue weighted by Gasteiger charge is 2.29. The van der Waals surface area contributed by atoms with Crippen LogP contribution in [-0.4, -0.2) is 35.2 Å². The largest absolute Gasteiger partial charge is 0.488 e. The molecule has 2 heterocycles. The van der Waals surface area contributed by atoms with E-state index in [-0.39, 0.29) is 19.3 Å². The van der Waals surface area contributed by atoms with Gasteiger partial charge in [-0.3, -0.25) is 9.69 Å². The Bertz CT molecular complexity index is 1770. The summed E-state index contributed by atoms with van der Waals surface area (Å²) in [4.78, 5) is 14.0. The van der Waals surface area contributed by atoms with Crippen molar-refractivity contribution in [2.24, 2.45) is 0 Å². The van der Waals surface area contributed by atoms with Crippen LogP contribution in [0.1, 0.15) is 58.7 Å². The lowest BCUT2D eigenvalue weighted by atomic mass is 9.98. The topological polar surface area (TPSA) is 101 Å². The Morgan fingerprint density at radius 1 is 0.978 bits per heavy atom. The number of nitriles is 1. The zero-order valence-electron chi connectivity index (χ0n) is 25.6. The lowest BCUT2D eigenvalue weighted by Crippen LogP contribution is -2.44. The molecule has 0 spiro atoms. The lowest BCUT2D eigenvalue weighted by Gasteiger charge is -2.33. The molecule has 0 aliphatic carbocycles. The molecule has 0 radical (unpaired) electrons. The molecule has 46 heavy (non-hydrogen) atoms. The van der Waals surface area contributed by atoms with Gasteiger partial charge in [-0.1, -0.05) is 60.5 Å². The first-order valence-electron chi connectivity index (χ1n) is 15.4. The molecule has 4 aromatic carbocycles. The van der Waals surface area contributed by atoms with E-state index in [4.69, 9.17) is 30.5 Å². The van der Waals surface area contributed by atoms with E-state index in [1.54, 1.807) is 24.3 Å². The van der Waals surface area contributed by atoms with Crippen molar-refractivity contribution in [3.05, 3.63) is 117 Å². The minimum Gasteiger partial charge on any atom is -0.488 e. The van der Waals surface area contributed by atoms with Gasteiger partial charge in [0, 0.05) is 18.2 Å². The van der Waals surface area contributed by atoms with Gasteiger partial charge >= 0.3 is 5.97 Å². The molecule has 2 aliphatic heterocycles. The molecule has 0 amide bonds. The molecule has 8 nitrogen and oxygen atoms in total. The van der Waals surface area contributed by atoms with Crippen LogP contribution in [0.2, 0.25) is 5.02 Å². The molecular weight excluding hydrogens is 604 g/mol. The number of para-hydroxylation sites is 2. The fourth-order valence-electron chi connectivity index (χ4n) is 6.05. The average Bonchev–Trinajstić information content (AvgIpc) is 3.08. The number of halogens is 1. The summed E-state index contributed by atoms with van der Waals surface area (Å²) < 4.78 is 24.8. The highest BCUT2D eigenvalue weighted by Crippen LogP contribution is 2.38. The second-order valence-electron chi connectivity index (χ2n) is 11.6. The van der Waals surface area contributed by atoms with Crippen LogP contribution in [0.25, 0.3) is 0 Å². The van der Waals surface area contributed by atoms with E-state index in [1.165, 1.54) is 0 Å². The number of hydrogen-bond donors (Lipinski definition) is 1. The van der Waals surface area contributed by atoms with Crippen molar-refractivity contribution in [1.82, 2.24) is 4.90 Å². The number of carboxylic acids is 1. The number of aliphatic carboxylic acids is 1. The van der Waals surface area contributed by atoms with E-state index in [1.807, 2.05) is 66.4 Å². The fraction of sp³-hybridized carbons (Fsp3) is 0.297. The van der Waals surface area contributed by atoms with Crippen molar-refractivity contribution in [1.29, 1.82) is 5.26 Å². The molecule has 1 saturated heterocycles. The molecule has 1 N–H and O–H groups in total. The molecule has 4 aromatic rings. The zero-order chi connectivity index (χ0) is 32.0. The quantitative estimate of drug-likeness (QED) is 0.189. The maximum absolute atomic E-state index is 12.0. The maximum Gasteiger partial charge on any atom is 0.320 e. The van der Waals surface area contributed by atoms with Gasteiger partial charge in [0.1, 0.15) is 37.4 Å². The van der Waals surface area contributed by atoms with E-state index in [9.17, 15) is 15.2 Å². The van der Waals surface area contributed by atoms with Crippen LogP contribution in [-0.2, 0) is 24.6 Å². The Balaban J connectivity index is 1.23. The Hall–Kier alpha value is -4.71. The van der Waals surface area contributed by atoms with Crippen LogP contribution in [0.3, 0.4) is 0 Å². The predicted molar refractivity (Wildman–Crippen MR) is 173 cm³/mol. The third-order valence-corrected chi connectivity index (χ3v) is 8.86. The third kappa shape index (κ3) is 7.07. The predicted octanol–water partition coefficient (Wildman–Crippen LogP) is 7.63. The van der Waals surface area contributed by atoms with Gasteiger partial charge in [0.15, 0.2) is 17.6 Å². The molecule has 2 aliphatic rings. The minimum absolute atomic E-state index is 0.222. The number of benzene rings is 4. The number of piperidine rings is 1. The number of carbonyl (C=O) groups is 1. The summed E-state index contributed by atoms with van der Waals surface area (Å²) in [6, 6.07) is 26.1. The van der Waals surface area contributed by atoms with Crippen molar-refractivity contribution < 1.29 is 28.8 Å². The van der Waals surface area contributed by atoms with E-state index >= 15 is 0 Å². The number of rotatable bonds is 10. The number of nitrogens with zero attached hydrogens (tertiary/aromatic N) is 2. The molecule has 6 rings (SSSR count). The van der Waals surface area contributed by atoms with Crippen LogP contribution in [0.15, 0.2) is 78.9 Å². The SMILES string of the molecule is Cc1c(COc2cc(OCc3cccc(C#N)c3)c(CN3CCCCC3C(=O)O)cc2Cl)cccc1C1COc2ccccc2O1. The summed E-state index contributed by atoms with van der Waals surface area (Å²) in [6.45, 7) is 3.99. The van der Waals surface area contributed by atoms with Crippen LogP contribution in [0, 0.1) is 18.3 Å². The number of likely N-dealkylation sites (tertiary alicyclic amines) is 1. The first-order valence-corrected chi connectivity index (χ1v) is 15.8. The summed E-state index contributed by atoms with van der Waals surface area (Å²) >= 11 is 6.79. The summed E-state index contributed by atoms with van der Waals surface area (Å²) in [5.74, 6) is 1.64. The molecule has 9 heteroatoms. The van der Waals surface area contributed by atoms with Crippen LogP contribution >= 0.6 is 11.6 Å². The molecule has 2 atom stereocenters. The number of carboxylic acid groups (broad SMARTS) is 1. The van der Waals surface area contributed by atoms with E-state index < -0.39 is 12.0 Å². The molecular formula is C37H35ClN2O6. The summed E-state index contributed by atoms with van der Waals surface area (Å²) in [5.41, 5.74) is 5.21. The van der Waals surface area contributed by atoms with E-state index in [0.29, 0.717) is 48.2 Å². The Kier molecular flexibility index (Phi) is 9.62. The van der Waals surface area contributed by atoms with Gasteiger partial charge in [-0.15, -0.1) is 0 Å². The smallest absolute Gasteiger partial charge is 0.320 e. The molecule has 0 saturated carbocycles. The number of ether oxygens (including phenoxy) is 4. The average molecular weight is 639 g/mol. The van der Waals surface area contributed by atoms with Crippen molar-refractivity contribution in [3.8, 4) is 29.1 Å². The fourth-order valence-corrected chi connectivity index (χ4v) is 6.29. The van der Waals surface area contributed by atoms with Crippen LogP contribution in [0.4, 0.5) is 0 Å². The van der Waals surface area contributed by atoms with E-state index in [0.717, 1.165) is 52.2 Å². The first kappa shape index (κ1) is 31.3. The van der Waals surface area contributed by atoms with Crippen molar-refractivity contribution in [2.45, 2.75) is 58.1 Å². The Labute approximate surface area is 273 Å². The maximum atomic E-state index is 12.0. The first-order chi connectivity index (χ1) is 22.4. The summed E-state index contributed by atoms with van der Waals surface area (Å²) in [7, 11) is 0. The van der Waals surface area contributed by atoms with Crippen molar-refractivity contribution in [3.63, 3.8) is 0 Å². The van der Waals surface area contributed by atoms with Gasteiger partial charge in [-0.25, -0.2) is 0 Å². The standard InChI is InChI=1S/C37H35ClN2O6/c1-24-27(10-7-11-29(24)36-23-45-32-13-2-3-14-33(32)46-36)22-44-35-18-34(43-21-26-9-6-8-25(16-26)19-39)28(17-30(35)38)20-40-15-5-4-12-31(40)37(41)42/h2-3,6-11,13-14,16-18,31,36H,4-5,12,15,20-23H2,1H3,(H,41,42). The van der Waals surface area contributed by atoms with Crippen LogP contribution in [0.5, 0.6) is 23.0 Å². The van der Waals surface area contributed by atoms with Crippen molar-refractivity contribution >= 4 is 17.6 Å². The monoisotopic (exact) mass is 638 g/mol. The zero-order valence-corrected chi connectivity index (χ0v) is 26.3. The second kappa shape index (κ2) is 14.2. The number of hydrogen-bond acceptors (Lipinski definition) is 7. The van der Waals surface area contributed by atoms with Gasteiger partial charge in [0.05, 0.1) is 16.7 Å². The molecule has 0 bridgehead atoms.